The first kappa shape index (κ1) is 19.8. The first-order valence-corrected chi connectivity index (χ1v) is 6.60. The van der Waals surface area contributed by atoms with Crippen LogP contribution in [0.1, 0.15) is 31.4 Å². The Morgan fingerprint density at radius 2 is 1.95 bits per heavy atom. The lowest BCUT2D eigenvalue weighted by atomic mass is 10.00. The van der Waals surface area contributed by atoms with Gasteiger partial charge < -0.3 is 16.2 Å². The van der Waals surface area contributed by atoms with E-state index < -0.39 is 0 Å². The van der Waals surface area contributed by atoms with E-state index in [1.54, 1.807) is 7.11 Å². The van der Waals surface area contributed by atoms with Gasteiger partial charge in [0.2, 0.25) is 0 Å². The lowest BCUT2D eigenvalue weighted by Crippen LogP contribution is -2.04. The summed E-state index contributed by atoms with van der Waals surface area (Å²) in [5, 5.41) is 1.01. The van der Waals surface area contributed by atoms with Gasteiger partial charge >= 0.3 is 0 Å². The van der Waals surface area contributed by atoms with Gasteiger partial charge in [0.15, 0.2) is 0 Å². The van der Waals surface area contributed by atoms with Gasteiger partial charge in [0.25, 0.3) is 0 Å². The van der Waals surface area contributed by atoms with Gasteiger partial charge in [0.05, 0.1) is 18.3 Å². The molecule has 0 fully saturated rings. The van der Waals surface area contributed by atoms with Gasteiger partial charge in [-0.3, -0.25) is 4.98 Å². The number of ether oxygens (including phenoxy) is 1. The third kappa shape index (κ3) is 4.63. The minimum atomic E-state index is 0. The Balaban J connectivity index is 0.00000200. The van der Waals surface area contributed by atoms with Gasteiger partial charge in [0, 0.05) is 17.1 Å². The molecule has 4 nitrogen and oxygen atoms in total. The number of pyridine rings is 1. The summed E-state index contributed by atoms with van der Waals surface area (Å²) in [6, 6.07) is 7.87. The maximum Gasteiger partial charge on any atom is 0.121 e. The van der Waals surface area contributed by atoms with Crippen LogP contribution in [0.15, 0.2) is 24.3 Å². The highest BCUT2D eigenvalue weighted by Gasteiger charge is 2.10. The number of nitrogens with two attached hydrogens (primary N) is 2. The number of benzene rings is 1. The molecular formula is C15H23Cl2N3O. The minimum absolute atomic E-state index is 0. The maximum absolute atomic E-state index is 6.04. The van der Waals surface area contributed by atoms with E-state index >= 15 is 0 Å². The molecule has 0 amide bonds. The molecule has 1 aromatic heterocycles. The summed E-state index contributed by atoms with van der Waals surface area (Å²) in [4.78, 5) is 4.68. The fourth-order valence-electron chi connectivity index (χ4n) is 2.21. The highest BCUT2D eigenvalue weighted by molar-refractivity contribution is 5.91. The van der Waals surface area contributed by atoms with Crippen LogP contribution in [-0.4, -0.2) is 18.6 Å². The van der Waals surface area contributed by atoms with Gasteiger partial charge in [-0.2, -0.15) is 0 Å². The molecular weight excluding hydrogens is 309 g/mol. The summed E-state index contributed by atoms with van der Waals surface area (Å²) >= 11 is 0. The molecule has 2 rings (SSSR count). The quantitative estimate of drug-likeness (QED) is 0.822. The van der Waals surface area contributed by atoms with Crippen molar-refractivity contribution < 1.29 is 4.74 Å². The first-order valence-electron chi connectivity index (χ1n) is 6.60. The monoisotopic (exact) mass is 331 g/mol. The van der Waals surface area contributed by atoms with E-state index in [2.05, 4.69) is 24.0 Å². The van der Waals surface area contributed by atoms with Crippen LogP contribution in [0.3, 0.4) is 0 Å². The maximum atomic E-state index is 6.04. The molecule has 0 saturated heterocycles. The van der Waals surface area contributed by atoms with Crippen LogP contribution in [0.25, 0.3) is 10.9 Å². The highest BCUT2D eigenvalue weighted by Crippen LogP contribution is 2.28. The van der Waals surface area contributed by atoms with Gasteiger partial charge in [-0.05, 0) is 37.4 Å². The van der Waals surface area contributed by atoms with E-state index in [0.717, 1.165) is 41.7 Å². The van der Waals surface area contributed by atoms with Crippen molar-refractivity contribution in [3.8, 4) is 5.75 Å². The van der Waals surface area contributed by atoms with Gasteiger partial charge in [-0.15, -0.1) is 24.8 Å². The van der Waals surface area contributed by atoms with Crippen LogP contribution in [0.5, 0.6) is 5.75 Å². The van der Waals surface area contributed by atoms with Crippen LogP contribution < -0.4 is 16.2 Å². The molecule has 1 heterocycles. The molecule has 4 N–H and O–H groups in total. The van der Waals surface area contributed by atoms with Crippen LogP contribution in [0.2, 0.25) is 0 Å². The van der Waals surface area contributed by atoms with E-state index in [-0.39, 0.29) is 24.8 Å². The minimum Gasteiger partial charge on any atom is -0.497 e. The molecule has 0 aliphatic heterocycles. The number of halogens is 2. The molecule has 21 heavy (non-hydrogen) atoms. The molecule has 6 heteroatoms. The number of hydrogen-bond donors (Lipinski definition) is 2. The lowest BCUT2D eigenvalue weighted by Gasteiger charge is -2.12. The van der Waals surface area contributed by atoms with Crippen molar-refractivity contribution in [1.82, 2.24) is 4.98 Å². The molecule has 1 atom stereocenters. The second-order valence-electron chi connectivity index (χ2n) is 4.86. The van der Waals surface area contributed by atoms with E-state index in [4.69, 9.17) is 16.2 Å². The van der Waals surface area contributed by atoms with Gasteiger partial charge in [0.1, 0.15) is 5.75 Å². The summed E-state index contributed by atoms with van der Waals surface area (Å²) in [7, 11) is 1.64. The zero-order chi connectivity index (χ0) is 13.8. The normalized spacial score (nSPS) is 11.4. The predicted octanol–water partition coefficient (Wildman–Crippen LogP) is 3.51. The number of anilines is 1. The number of nitrogens with zero attached hydrogens (tertiary/aromatic N) is 1. The second-order valence-corrected chi connectivity index (χ2v) is 4.86. The van der Waals surface area contributed by atoms with Crippen molar-refractivity contribution in [1.29, 1.82) is 0 Å². The average molecular weight is 332 g/mol. The molecule has 0 radical (unpaired) electrons. The largest absolute Gasteiger partial charge is 0.497 e. The van der Waals surface area contributed by atoms with Crippen LogP contribution in [-0.2, 0) is 0 Å². The number of nitrogen functional groups attached to an aromatic ring is 1. The molecule has 118 valence electrons. The molecule has 1 aromatic carbocycles. The van der Waals surface area contributed by atoms with E-state index in [1.165, 1.54) is 0 Å². The summed E-state index contributed by atoms with van der Waals surface area (Å²) < 4.78 is 5.21. The Bertz CT molecular complexity index is 578. The summed E-state index contributed by atoms with van der Waals surface area (Å²) in [5.74, 6) is 1.16. The molecule has 0 saturated carbocycles. The Morgan fingerprint density at radius 1 is 1.24 bits per heavy atom. The van der Waals surface area contributed by atoms with E-state index in [0.29, 0.717) is 11.6 Å². The summed E-state index contributed by atoms with van der Waals surface area (Å²) in [6.45, 7) is 2.89. The Labute approximate surface area is 138 Å². The molecule has 0 bridgehead atoms. The zero-order valence-corrected chi connectivity index (χ0v) is 14.0. The van der Waals surface area contributed by atoms with Gasteiger partial charge in [-0.25, -0.2) is 0 Å². The van der Waals surface area contributed by atoms with Crippen LogP contribution in [0.4, 0.5) is 5.69 Å². The third-order valence-corrected chi connectivity index (χ3v) is 3.40. The van der Waals surface area contributed by atoms with Crippen molar-refractivity contribution >= 4 is 41.4 Å². The van der Waals surface area contributed by atoms with Crippen molar-refractivity contribution in [2.24, 2.45) is 5.73 Å². The third-order valence-electron chi connectivity index (χ3n) is 3.40. The molecule has 2 aromatic rings. The molecule has 0 aliphatic carbocycles. The summed E-state index contributed by atoms with van der Waals surface area (Å²) in [6.07, 6.45) is 2.06. The van der Waals surface area contributed by atoms with E-state index in [9.17, 15) is 0 Å². The van der Waals surface area contributed by atoms with Crippen LogP contribution >= 0.6 is 24.8 Å². The Hall–Kier alpha value is -1.23. The van der Waals surface area contributed by atoms with E-state index in [1.807, 2.05) is 12.1 Å². The molecule has 0 spiro atoms. The van der Waals surface area contributed by atoms with Crippen molar-refractivity contribution in [2.45, 2.75) is 25.7 Å². The smallest absolute Gasteiger partial charge is 0.121 e. The summed E-state index contributed by atoms with van der Waals surface area (Å²) in [5.41, 5.74) is 14.2. The second kappa shape index (κ2) is 8.93. The number of fused-ring (bicyclic) bond motifs is 1. The number of aromatic nitrogens is 1. The van der Waals surface area contributed by atoms with Crippen molar-refractivity contribution in [2.75, 3.05) is 19.4 Å². The lowest BCUT2D eigenvalue weighted by molar-refractivity contribution is 0.415. The fraction of sp³-hybridized carbons (Fsp3) is 0.400. The average Bonchev–Trinajstić information content (AvgIpc) is 2.44. The standard InChI is InChI=1S/C15H21N3O.2ClH/c1-10(4-3-7-16)14-6-5-11-8-12(19-2)9-13(17)15(11)18-14;;/h5-6,8-10H,3-4,7,16-17H2,1-2H3;2*1H. The topological polar surface area (TPSA) is 74.2 Å². The Morgan fingerprint density at radius 3 is 2.57 bits per heavy atom. The zero-order valence-electron chi connectivity index (χ0n) is 12.3. The molecule has 1 unspecified atom stereocenters. The first-order chi connectivity index (χ1) is 9.15. The predicted molar refractivity (Wildman–Crippen MR) is 93.9 cm³/mol. The fourth-order valence-corrected chi connectivity index (χ4v) is 2.21. The highest BCUT2D eigenvalue weighted by atomic mass is 35.5. The Kier molecular flexibility index (Phi) is 8.40. The SMILES string of the molecule is COc1cc(N)c2nc(C(C)CCCN)ccc2c1.Cl.Cl. The number of methoxy groups -OCH3 is 1. The van der Waals surface area contributed by atoms with Crippen molar-refractivity contribution in [3.63, 3.8) is 0 Å². The number of rotatable bonds is 5. The van der Waals surface area contributed by atoms with Gasteiger partial charge in [-0.1, -0.05) is 13.0 Å². The molecule has 0 aliphatic rings. The van der Waals surface area contributed by atoms with Crippen molar-refractivity contribution in [3.05, 3.63) is 30.0 Å². The number of hydrogen-bond acceptors (Lipinski definition) is 4. The van der Waals surface area contributed by atoms with Crippen LogP contribution in [0, 0.1) is 0 Å².